The predicted octanol–water partition coefficient (Wildman–Crippen LogP) is -0.226. The van der Waals surface area contributed by atoms with Gasteiger partial charge in [-0.15, -0.1) is 0 Å². The Morgan fingerprint density at radius 1 is 1.35 bits per heavy atom. The van der Waals surface area contributed by atoms with E-state index >= 15 is 0 Å². The standard InChI is InChI=1S/C12H15N3O5/c1-7(11(17)15-12(14)18)20-10(16)6-19-9-4-2-3-8(13)5-9/h2-5,7H,6,13H2,1H3,(H3,14,15,17,18). The van der Waals surface area contributed by atoms with Crippen molar-refractivity contribution in [2.24, 2.45) is 5.73 Å². The monoisotopic (exact) mass is 281 g/mol. The van der Waals surface area contributed by atoms with Crippen LogP contribution in [0.4, 0.5) is 10.5 Å². The highest BCUT2D eigenvalue weighted by molar-refractivity contribution is 5.96. The number of hydrogen-bond acceptors (Lipinski definition) is 6. The molecule has 0 saturated heterocycles. The average molecular weight is 281 g/mol. The molecular weight excluding hydrogens is 266 g/mol. The molecule has 1 aromatic rings. The Morgan fingerprint density at radius 3 is 2.65 bits per heavy atom. The van der Waals surface area contributed by atoms with Crippen molar-refractivity contribution in [3.8, 4) is 5.75 Å². The van der Waals surface area contributed by atoms with Crippen LogP contribution in [0.2, 0.25) is 0 Å². The summed E-state index contributed by atoms with van der Waals surface area (Å²) in [6.45, 7) is 0.911. The maximum Gasteiger partial charge on any atom is 0.344 e. The van der Waals surface area contributed by atoms with Gasteiger partial charge >= 0.3 is 12.0 Å². The molecule has 1 aromatic carbocycles. The molecule has 108 valence electrons. The van der Waals surface area contributed by atoms with Crippen molar-refractivity contribution in [3.63, 3.8) is 0 Å². The fourth-order valence-electron chi connectivity index (χ4n) is 1.25. The van der Waals surface area contributed by atoms with Crippen LogP contribution in [0.5, 0.6) is 5.75 Å². The van der Waals surface area contributed by atoms with Crippen molar-refractivity contribution < 1.29 is 23.9 Å². The topological polar surface area (TPSA) is 134 Å². The van der Waals surface area contributed by atoms with Crippen molar-refractivity contribution in [1.82, 2.24) is 5.32 Å². The van der Waals surface area contributed by atoms with Gasteiger partial charge in [0.25, 0.3) is 5.91 Å². The van der Waals surface area contributed by atoms with Crippen LogP contribution < -0.4 is 21.5 Å². The zero-order valence-corrected chi connectivity index (χ0v) is 10.8. The molecule has 0 bridgehead atoms. The van der Waals surface area contributed by atoms with Crippen molar-refractivity contribution in [3.05, 3.63) is 24.3 Å². The zero-order chi connectivity index (χ0) is 15.1. The summed E-state index contributed by atoms with van der Waals surface area (Å²) in [5.74, 6) is -1.18. The third kappa shape index (κ3) is 5.25. The molecule has 0 aromatic heterocycles. The number of esters is 1. The first-order valence-electron chi connectivity index (χ1n) is 5.66. The number of hydrogen-bond donors (Lipinski definition) is 3. The lowest BCUT2D eigenvalue weighted by molar-refractivity contribution is -0.156. The van der Waals surface area contributed by atoms with Crippen molar-refractivity contribution in [2.45, 2.75) is 13.0 Å². The number of primary amides is 1. The number of nitrogen functional groups attached to an aromatic ring is 1. The Bertz CT molecular complexity index is 518. The van der Waals surface area contributed by atoms with Gasteiger partial charge in [0.2, 0.25) is 0 Å². The van der Waals surface area contributed by atoms with Gasteiger partial charge in [-0.2, -0.15) is 0 Å². The summed E-state index contributed by atoms with van der Waals surface area (Å²) in [6, 6.07) is 5.47. The third-order valence-electron chi connectivity index (χ3n) is 2.14. The van der Waals surface area contributed by atoms with Crippen molar-refractivity contribution in [2.75, 3.05) is 12.3 Å². The quantitative estimate of drug-likeness (QED) is 0.504. The minimum atomic E-state index is -1.15. The average Bonchev–Trinajstić information content (AvgIpc) is 2.35. The number of benzene rings is 1. The zero-order valence-electron chi connectivity index (χ0n) is 10.8. The van der Waals surface area contributed by atoms with E-state index in [2.05, 4.69) is 0 Å². The fraction of sp³-hybridized carbons (Fsp3) is 0.250. The first-order valence-corrected chi connectivity index (χ1v) is 5.66. The van der Waals surface area contributed by atoms with Gasteiger partial charge in [-0.1, -0.05) is 6.07 Å². The summed E-state index contributed by atoms with van der Waals surface area (Å²) < 4.78 is 9.88. The van der Waals surface area contributed by atoms with Gasteiger partial charge in [0, 0.05) is 11.8 Å². The Kier molecular flexibility index (Phi) is 5.33. The molecule has 1 unspecified atom stereocenters. The number of ether oxygens (including phenoxy) is 2. The molecule has 0 aliphatic rings. The van der Waals surface area contributed by atoms with Crippen molar-refractivity contribution >= 4 is 23.6 Å². The number of amides is 3. The van der Waals surface area contributed by atoms with Gasteiger partial charge in [-0.05, 0) is 19.1 Å². The molecule has 8 nitrogen and oxygen atoms in total. The third-order valence-corrected chi connectivity index (χ3v) is 2.14. The summed E-state index contributed by atoms with van der Waals surface area (Å²) in [7, 11) is 0. The van der Waals surface area contributed by atoms with Crippen molar-refractivity contribution in [1.29, 1.82) is 0 Å². The number of imide groups is 1. The highest BCUT2D eigenvalue weighted by atomic mass is 16.6. The van der Waals surface area contributed by atoms with E-state index in [1.54, 1.807) is 23.5 Å². The number of nitrogens with one attached hydrogen (secondary N) is 1. The molecule has 1 rings (SSSR count). The number of urea groups is 1. The van der Waals surface area contributed by atoms with Gasteiger partial charge in [0.05, 0.1) is 0 Å². The van der Waals surface area contributed by atoms with Gasteiger partial charge in [-0.25, -0.2) is 9.59 Å². The molecule has 0 aliphatic carbocycles. The number of nitrogens with two attached hydrogens (primary N) is 2. The molecule has 8 heteroatoms. The molecule has 0 aliphatic heterocycles. The van der Waals surface area contributed by atoms with Crippen LogP contribution in [0.1, 0.15) is 6.92 Å². The lowest BCUT2D eigenvalue weighted by atomic mass is 10.3. The van der Waals surface area contributed by atoms with Crippen LogP contribution >= 0.6 is 0 Å². The number of carbonyl (C=O) groups is 3. The molecule has 0 radical (unpaired) electrons. The molecule has 0 spiro atoms. The van der Waals surface area contributed by atoms with E-state index in [4.69, 9.17) is 20.9 Å². The second kappa shape index (κ2) is 6.98. The molecule has 1 atom stereocenters. The van der Waals surface area contributed by atoms with E-state index in [0.717, 1.165) is 0 Å². The second-order valence-electron chi connectivity index (χ2n) is 3.85. The van der Waals surface area contributed by atoms with E-state index in [-0.39, 0.29) is 0 Å². The highest BCUT2D eigenvalue weighted by Crippen LogP contribution is 2.14. The van der Waals surface area contributed by atoms with Crippen LogP contribution in [0.15, 0.2) is 24.3 Å². The maximum atomic E-state index is 11.4. The first-order chi connectivity index (χ1) is 9.38. The van der Waals surface area contributed by atoms with Gasteiger partial charge < -0.3 is 20.9 Å². The summed E-state index contributed by atoms with van der Waals surface area (Å²) in [5.41, 5.74) is 10.8. The van der Waals surface area contributed by atoms with Crippen LogP contribution in [0.3, 0.4) is 0 Å². The Hall–Kier alpha value is -2.77. The summed E-state index contributed by atoms with van der Waals surface area (Å²) in [4.78, 5) is 33.1. The molecule has 0 saturated carbocycles. The number of carbonyl (C=O) groups excluding carboxylic acids is 3. The van der Waals surface area contributed by atoms with Crippen LogP contribution in [0, 0.1) is 0 Å². The number of rotatable bonds is 5. The lowest BCUT2D eigenvalue weighted by Gasteiger charge is -2.12. The normalized spacial score (nSPS) is 11.2. The minimum Gasteiger partial charge on any atom is -0.482 e. The van der Waals surface area contributed by atoms with Gasteiger partial charge in [0.15, 0.2) is 12.7 Å². The van der Waals surface area contributed by atoms with Gasteiger partial charge in [-0.3, -0.25) is 10.1 Å². The van der Waals surface area contributed by atoms with Crippen LogP contribution in [-0.4, -0.2) is 30.6 Å². The molecule has 3 amide bonds. The highest BCUT2D eigenvalue weighted by Gasteiger charge is 2.19. The predicted molar refractivity (Wildman–Crippen MR) is 69.6 cm³/mol. The smallest absolute Gasteiger partial charge is 0.344 e. The van der Waals surface area contributed by atoms with Crippen LogP contribution in [0.25, 0.3) is 0 Å². The van der Waals surface area contributed by atoms with E-state index in [9.17, 15) is 14.4 Å². The maximum absolute atomic E-state index is 11.4. The van der Waals surface area contributed by atoms with Gasteiger partial charge in [0.1, 0.15) is 5.75 Å². The minimum absolute atomic E-state index is 0.391. The summed E-state index contributed by atoms with van der Waals surface area (Å²) in [5, 5.41) is 1.79. The molecule has 0 fully saturated rings. The summed E-state index contributed by atoms with van der Waals surface area (Å²) in [6.07, 6.45) is -1.15. The second-order valence-corrected chi connectivity index (χ2v) is 3.85. The van der Waals surface area contributed by atoms with Crippen LogP contribution in [-0.2, 0) is 14.3 Å². The molecule has 0 heterocycles. The Morgan fingerprint density at radius 2 is 2.05 bits per heavy atom. The molecule has 5 N–H and O–H groups in total. The fourth-order valence-corrected chi connectivity index (χ4v) is 1.25. The van der Waals surface area contributed by atoms with E-state index in [1.807, 2.05) is 0 Å². The van der Waals surface area contributed by atoms with E-state index in [0.29, 0.717) is 11.4 Å². The lowest BCUT2D eigenvalue weighted by Crippen LogP contribution is -2.42. The molecular formula is C12H15N3O5. The van der Waals surface area contributed by atoms with E-state index < -0.39 is 30.6 Å². The first kappa shape index (κ1) is 15.3. The Balaban J connectivity index is 2.40. The summed E-state index contributed by atoms with van der Waals surface area (Å²) >= 11 is 0. The largest absolute Gasteiger partial charge is 0.482 e. The SMILES string of the molecule is CC(OC(=O)COc1cccc(N)c1)C(=O)NC(N)=O. The number of anilines is 1. The molecule has 20 heavy (non-hydrogen) atoms. The van der Waals surface area contributed by atoms with E-state index in [1.165, 1.54) is 13.0 Å². The Labute approximate surface area is 115 Å².